The van der Waals surface area contributed by atoms with Crippen molar-refractivity contribution in [1.82, 2.24) is 5.32 Å². The molecule has 1 aromatic rings. The van der Waals surface area contributed by atoms with Gasteiger partial charge in [0.2, 0.25) is 0 Å². The lowest BCUT2D eigenvalue weighted by Crippen LogP contribution is -2.46. The number of rotatable bonds is 1. The maximum absolute atomic E-state index is 5.66. The number of methoxy groups -OCH3 is 1. The third-order valence-corrected chi connectivity index (χ3v) is 6.37. The van der Waals surface area contributed by atoms with E-state index in [-0.39, 0.29) is 5.66 Å². The number of fused-ring (bicyclic) bond motifs is 5. The molecule has 1 saturated carbocycles. The molecule has 4 unspecified atom stereocenters. The minimum atomic E-state index is -0.387. The van der Waals surface area contributed by atoms with Gasteiger partial charge in [0.1, 0.15) is 4.99 Å². The number of halogens is 1. The molecule has 4 rings (SSSR count). The van der Waals surface area contributed by atoms with E-state index in [9.17, 15) is 0 Å². The van der Waals surface area contributed by atoms with Crippen molar-refractivity contribution in [2.45, 2.75) is 43.9 Å². The number of benzene rings is 1. The molecule has 1 spiro atoms. The summed E-state index contributed by atoms with van der Waals surface area (Å²) in [5.41, 5.74) is 3.27. The fourth-order valence-corrected chi connectivity index (χ4v) is 5.03. The first-order valence-corrected chi connectivity index (χ1v) is 8.97. The summed E-state index contributed by atoms with van der Waals surface area (Å²) in [5.74, 6) is 0.949. The first-order valence-electron chi connectivity index (χ1n) is 7.77. The van der Waals surface area contributed by atoms with Gasteiger partial charge in [0.15, 0.2) is 5.66 Å². The second-order valence-electron chi connectivity index (χ2n) is 6.53. The molecule has 0 bridgehead atoms. The van der Waals surface area contributed by atoms with Crippen molar-refractivity contribution in [3.05, 3.63) is 33.8 Å². The van der Waals surface area contributed by atoms with E-state index < -0.39 is 0 Å². The molecule has 0 radical (unpaired) electrons. The van der Waals surface area contributed by atoms with Crippen LogP contribution >= 0.6 is 28.1 Å². The van der Waals surface area contributed by atoms with Crippen LogP contribution in [0.5, 0.6) is 0 Å². The molecule has 4 atom stereocenters. The average Bonchev–Trinajstić information content (AvgIpc) is 2.95. The van der Waals surface area contributed by atoms with Crippen molar-refractivity contribution in [3.63, 3.8) is 0 Å². The van der Waals surface area contributed by atoms with Gasteiger partial charge in [-0.15, -0.1) is 0 Å². The Morgan fingerprint density at radius 1 is 1.41 bits per heavy atom. The highest BCUT2D eigenvalue weighted by Crippen LogP contribution is 2.57. The van der Waals surface area contributed by atoms with Gasteiger partial charge in [0.25, 0.3) is 0 Å². The van der Waals surface area contributed by atoms with Crippen LogP contribution in [-0.4, -0.2) is 23.9 Å². The van der Waals surface area contributed by atoms with Crippen LogP contribution in [0.1, 0.15) is 43.2 Å². The molecule has 0 aromatic heterocycles. The van der Waals surface area contributed by atoms with Crippen molar-refractivity contribution in [1.29, 1.82) is 0 Å². The van der Waals surface area contributed by atoms with E-state index in [0.717, 1.165) is 34.4 Å². The van der Waals surface area contributed by atoms with E-state index in [2.05, 4.69) is 39.4 Å². The normalized spacial score (nSPS) is 36.0. The minimum Gasteiger partial charge on any atom is -0.381 e. The number of ether oxygens (including phenoxy) is 1. The van der Waals surface area contributed by atoms with E-state index in [4.69, 9.17) is 21.9 Å². The van der Waals surface area contributed by atoms with Crippen LogP contribution < -0.4 is 5.32 Å². The number of nitrogens with one attached hydrogen (secondary N) is 1. The largest absolute Gasteiger partial charge is 0.381 e. The highest BCUT2D eigenvalue weighted by Gasteiger charge is 2.56. The van der Waals surface area contributed by atoms with Gasteiger partial charge in [-0.05, 0) is 49.8 Å². The van der Waals surface area contributed by atoms with Crippen LogP contribution in [0.15, 0.2) is 27.7 Å². The summed E-state index contributed by atoms with van der Waals surface area (Å²) in [7, 11) is 1.82. The second-order valence-corrected chi connectivity index (χ2v) is 7.86. The number of nitrogens with zero attached hydrogens (tertiary/aromatic N) is 1. The SMILES string of the molecule is COC1CCC2c3ccc(Br)cc3C3(N=C(C)C(=S)N3)C2C1. The molecule has 22 heavy (non-hydrogen) atoms. The van der Waals surface area contributed by atoms with Crippen LogP contribution in [0, 0.1) is 5.92 Å². The van der Waals surface area contributed by atoms with Gasteiger partial charge in [-0.2, -0.15) is 0 Å². The number of hydrogen-bond acceptors (Lipinski definition) is 3. The Morgan fingerprint density at radius 3 is 2.91 bits per heavy atom. The van der Waals surface area contributed by atoms with E-state index >= 15 is 0 Å². The summed E-state index contributed by atoms with van der Waals surface area (Å²) in [4.78, 5) is 5.81. The van der Waals surface area contributed by atoms with Crippen LogP contribution in [0.4, 0.5) is 0 Å². The molecule has 1 fully saturated rings. The maximum Gasteiger partial charge on any atom is 0.160 e. The van der Waals surface area contributed by atoms with Gasteiger partial charge in [-0.1, -0.05) is 34.2 Å². The quantitative estimate of drug-likeness (QED) is 0.752. The third kappa shape index (κ3) is 1.95. The zero-order valence-electron chi connectivity index (χ0n) is 12.7. The Balaban J connectivity index is 1.88. The van der Waals surface area contributed by atoms with Gasteiger partial charge >= 0.3 is 0 Å². The summed E-state index contributed by atoms with van der Waals surface area (Å²) in [5, 5.41) is 3.56. The van der Waals surface area contributed by atoms with Crippen molar-refractivity contribution >= 4 is 38.8 Å². The molecule has 3 aliphatic rings. The molecule has 1 aromatic carbocycles. The van der Waals surface area contributed by atoms with Crippen LogP contribution in [0.2, 0.25) is 0 Å². The standard InChI is InChI=1S/C17H19BrN2OS/c1-9-16(22)20-17(19-9)14-7-10(18)3-5-12(14)13-6-4-11(21-2)8-15(13)17/h3,5,7,11,13,15H,4,6,8H2,1-2H3,(H,20,22). The number of thiocarbonyl (C=S) groups is 1. The molecule has 2 aliphatic carbocycles. The first-order chi connectivity index (χ1) is 10.5. The van der Waals surface area contributed by atoms with E-state index in [1.165, 1.54) is 11.1 Å². The second kappa shape index (κ2) is 5.11. The summed E-state index contributed by atoms with van der Waals surface area (Å²) in [6.07, 6.45) is 3.63. The molecule has 1 heterocycles. The Morgan fingerprint density at radius 2 is 2.23 bits per heavy atom. The molecule has 0 saturated heterocycles. The zero-order chi connectivity index (χ0) is 15.5. The van der Waals surface area contributed by atoms with E-state index in [1.807, 2.05) is 14.0 Å². The molecule has 1 N–H and O–H groups in total. The van der Waals surface area contributed by atoms with Crippen LogP contribution in [-0.2, 0) is 10.4 Å². The monoisotopic (exact) mass is 378 g/mol. The van der Waals surface area contributed by atoms with E-state index in [0.29, 0.717) is 17.9 Å². The molecular weight excluding hydrogens is 360 g/mol. The summed E-state index contributed by atoms with van der Waals surface area (Å²) in [6.45, 7) is 2.01. The number of aliphatic imine (C=N–C) groups is 1. The summed E-state index contributed by atoms with van der Waals surface area (Å²) in [6, 6.07) is 6.61. The lowest BCUT2D eigenvalue weighted by Gasteiger charge is -2.38. The van der Waals surface area contributed by atoms with Crippen LogP contribution in [0.25, 0.3) is 0 Å². The van der Waals surface area contributed by atoms with Crippen LogP contribution in [0.3, 0.4) is 0 Å². The average molecular weight is 379 g/mol. The number of hydrogen-bond donors (Lipinski definition) is 1. The van der Waals surface area contributed by atoms with Crippen molar-refractivity contribution in [2.75, 3.05) is 7.11 Å². The van der Waals surface area contributed by atoms with E-state index in [1.54, 1.807) is 0 Å². The minimum absolute atomic E-state index is 0.322. The van der Waals surface area contributed by atoms with Gasteiger partial charge in [0, 0.05) is 23.1 Å². The predicted molar refractivity (Wildman–Crippen MR) is 95.5 cm³/mol. The smallest absolute Gasteiger partial charge is 0.160 e. The highest BCUT2D eigenvalue weighted by atomic mass is 79.9. The molecule has 1 aliphatic heterocycles. The Bertz CT molecular complexity index is 689. The topological polar surface area (TPSA) is 33.6 Å². The Kier molecular flexibility index (Phi) is 3.44. The molecule has 3 nitrogen and oxygen atoms in total. The first kappa shape index (κ1) is 14.8. The summed E-state index contributed by atoms with van der Waals surface area (Å²) < 4.78 is 6.76. The fraction of sp³-hybridized carbons (Fsp3) is 0.529. The third-order valence-electron chi connectivity index (χ3n) is 5.47. The molecule has 0 amide bonds. The lowest BCUT2D eigenvalue weighted by molar-refractivity contribution is 0.0260. The van der Waals surface area contributed by atoms with Crippen molar-refractivity contribution < 1.29 is 4.74 Å². The Hall–Kier alpha value is -0.780. The van der Waals surface area contributed by atoms with Gasteiger partial charge in [-0.3, -0.25) is 4.99 Å². The molecule has 116 valence electrons. The molecular formula is C17H19BrN2OS. The van der Waals surface area contributed by atoms with Gasteiger partial charge in [0.05, 0.1) is 11.8 Å². The van der Waals surface area contributed by atoms with Crippen molar-refractivity contribution in [2.24, 2.45) is 10.9 Å². The zero-order valence-corrected chi connectivity index (χ0v) is 15.1. The maximum atomic E-state index is 5.66. The predicted octanol–water partition coefficient (Wildman–Crippen LogP) is 3.91. The highest BCUT2D eigenvalue weighted by molar-refractivity contribution is 9.10. The lowest BCUT2D eigenvalue weighted by atomic mass is 9.75. The molecule has 5 heteroatoms. The fourth-order valence-electron chi connectivity index (χ4n) is 4.47. The van der Waals surface area contributed by atoms with Crippen molar-refractivity contribution in [3.8, 4) is 0 Å². The summed E-state index contributed by atoms with van der Waals surface area (Å²) >= 11 is 9.10. The van der Waals surface area contributed by atoms with Gasteiger partial charge in [-0.25, -0.2) is 0 Å². The van der Waals surface area contributed by atoms with Gasteiger partial charge < -0.3 is 10.1 Å². The Labute approximate surface area is 144 Å².